The first-order chi connectivity index (χ1) is 13.1. The van der Waals surface area contributed by atoms with Crippen LogP contribution in [0.4, 0.5) is 0 Å². The lowest BCUT2D eigenvalue weighted by Gasteiger charge is -2.36. The number of halogens is 1. The van der Waals surface area contributed by atoms with E-state index in [4.69, 9.17) is 16.1 Å². The fourth-order valence-electron chi connectivity index (χ4n) is 3.10. The van der Waals surface area contributed by atoms with Crippen molar-refractivity contribution in [2.45, 2.75) is 32.9 Å². The molecule has 0 radical (unpaired) electrons. The highest BCUT2D eigenvalue weighted by molar-refractivity contribution is 6.30. The van der Waals surface area contributed by atoms with Crippen molar-refractivity contribution < 1.29 is 9.32 Å². The molecule has 1 aromatic carbocycles. The minimum absolute atomic E-state index is 0.0985. The molecule has 1 aromatic heterocycles. The van der Waals surface area contributed by atoms with Crippen LogP contribution in [0.1, 0.15) is 26.2 Å². The highest BCUT2D eigenvalue weighted by Crippen LogP contribution is 2.19. The summed E-state index contributed by atoms with van der Waals surface area (Å²) in [6.07, 6.45) is 0.953. The van der Waals surface area contributed by atoms with Gasteiger partial charge >= 0.3 is 0 Å². The molecule has 1 fully saturated rings. The number of nitrogens with zero attached hydrogens (tertiary/aromatic N) is 4. The van der Waals surface area contributed by atoms with E-state index < -0.39 is 0 Å². The van der Waals surface area contributed by atoms with Crippen LogP contribution in [0.2, 0.25) is 5.02 Å². The van der Waals surface area contributed by atoms with Gasteiger partial charge in [-0.2, -0.15) is 4.98 Å². The van der Waals surface area contributed by atoms with E-state index in [1.807, 2.05) is 31.2 Å². The maximum Gasteiger partial charge on any atom is 0.241 e. The first-order valence-corrected chi connectivity index (χ1v) is 9.77. The van der Waals surface area contributed by atoms with Crippen molar-refractivity contribution in [3.8, 4) is 11.4 Å². The van der Waals surface area contributed by atoms with Gasteiger partial charge in [-0.1, -0.05) is 23.7 Å². The van der Waals surface area contributed by atoms with Gasteiger partial charge in [0.25, 0.3) is 0 Å². The largest absolute Gasteiger partial charge is 0.355 e. The molecule has 1 amide bonds. The highest BCUT2D eigenvalue weighted by atomic mass is 35.5. The summed E-state index contributed by atoms with van der Waals surface area (Å²) in [5, 5.41) is 7.70. The third-order valence-corrected chi connectivity index (χ3v) is 5.06. The third-order valence-electron chi connectivity index (χ3n) is 4.81. The van der Waals surface area contributed by atoms with E-state index in [0.717, 1.165) is 44.7 Å². The van der Waals surface area contributed by atoms with Crippen molar-refractivity contribution in [1.82, 2.24) is 25.3 Å². The molecule has 0 aliphatic carbocycles. The summed E-state index contributed by atoms with van der Waals surface area (Å²) in [6, 6.07) is 7.27. The summed E-state index contributed by atoms with van der Waals surface area (Å²) in [5.74, 6) is 1.28. The summed E-state index contributed by atoms with van der Waals surface area (Å²) < 4.78 is 5.40. The van der Waals surface area contributed by atoms with Crippen LogP contribution in [-0.4, -0.2) is 64.6 Å². The van der Waals surface area contributed by atoms with E-state index in [2.05, 4.69) is 32.2 Å². The fraction of sp³-hybridized carbons (Fsp3) is 0.526. The fourth-order valence-corrected chi connectivity index (χ4v) is 3.22. The normalized spacial score (nSPS) is 17.0. The smallest absolute Gasteiger partial charge is 0.241 e. The van der Waals surface area contributed by atoms with Gasteiger partial charge in [0, 0.05) is 43.3 Å². The lowest BCUT2D eigenvalue weighted by molar-refractivity contribution is -0.126. The Labute approximate surface area is 164 Å². The molecule has 7 nitrogen and oxygen atoms in total. The Kier molecular flexibility index (Phi) is 6.82. The van der Waals surface area contributed by atoms with Crippen molar-refractivity contribution in [3.63, 3.8) is 0 Å². The predicted molar refractivity (Wildman–Crippen MR) is 104 cm³/mol. The van der Waals surface area contributed by atoms with Crippen molar-refractivity contribution in [2.24, 2.45) is 0 Å². The molecule has 2 aromatic rings. The van der Waals surface area contributed by atoms with Gasteiger partial charge < -0.3 is 9.84 Å². The number of piperazine rings is 1. The average molecular weight is 392 g/mol. The van der Waals surface area contributed by atoms with Crippen molar-refractivity contribution in [2.75, 3.05) is 32.7 Å². The zero-order chi connectivity index (χ0) is 19.2. The number of carbonyl (C=O) groups excluding carboxylic acids is 1. The molecular formula is C19H26ClN5O2. The molecule has 3 rings (SSSR count). The number of amides is 1. The maximum atomic E-state index is 12.1. The molecule has 1 saturated heterocycles. The number of rotatable bonds is 7. The van der Waals surface area contributed by atoms with Gasteiger partial charge in [0.05, 0.1) is 12.6 Å². The van der Waals surface area contributed by atoms with Crippen molar-refractivity contribution >= 4 is 17.5 Å². The molecule has 1 unspecified atom stereocenters. The van der Waals surface area contributed by atoms with Gasteiger partial charge in [0.15, 0.2) is 0 Å². The molecular weight excluding hydrogens is 366 g/mol. The Morgan fingerprint density at radius 3 is 2.63 bits per heavy atom. The summed E-state index contributed by atoms with van der Waals surface area (Å²) in [6.45, 7) is 8.80. The number of benzene rings is 1. The van der Waals surface area contributed by atoms with Gasteiger partial charge in [-0.15, -0.1) is 0 Å². The Balaban J connectivity index is 1.49. The summed E-state index contributed by atoms with van der Waals surface area (Å²) in [4.78, 5) is 21.1. The second-order valence-corrected chi connectivity index (χ2v) is 7.23. The summed E-state index contributed by atoms with van der Waals surface area (Å²) in [5.41, 5.74) is 0.881. The zero-order valence-corrected chi connectivity index (χ0v) is 16.6. The molecule has 1 atom stereocenters. The molecule has 0 spiro atoms. The lowest BCUT2D eigenvalue weighted by Crippen LogP contribution is -2.53. The molecule has 146 valence electrons. The number of nitrogens with one attached hydrogen (secondary N) is 1. The predicted octanol–water partition coefficient (Wildman–Crippen LogP) is 2.42. The van der Waals surface area contributed by atoms with E-state index in [9.17, 15) is 4.79 Å². The Morgan fingerprint density at radius 2 is 1.96 bits per heavy atom. The molecule has 0 bridgehead atoms. The van der Waals surface area contributed by atoms with Gasteiger partial charge in [-0.3, -0.25) is 14.6 Å². The van der Waals surface area contributed by atoms with Crippen LogP contribution in [0.5, 0.6) is 0 Å². The first-order valence-electron chi connectivity index (χ1n) is 9.39. The molecule has 1 aliphatic heterocycles. The van der Waals surface area contributed by atoms with Crippen LogP contribution in [-0.2, 0) is 11.3 Å². The molecule has 8 heteroatoms. The van der Waals surface area contributed by atoms with E-state index >= 15 is 0 Å². The minimum atomic E-state index is -0.0985. The van der Waals surface area contributed by atoms with Crippen LogP contribution < -0.4 is 5.32 Å². The third kappa shape index (κ3) is 5.28. The molecule has 1 aliphatic rings. The molecule has 1 N–H and O–H groups in total. The SMILES string of the molecule is CCCNC(=O)C(C)N1CCN(Cc2nc(-c3ccc(Cl)cc3)no2)CC1. The Hall–Kier alpha value is -1.96. The summed E-state index contributed by atoms with van der Waals surface area (Å²) >= 11 is 5.91. The van der Waals surface area contributed by atoms with Crippen molar-refractivity contribution in [3.05, 3.63) is 35.2 Å². The van der Waals surface area contributed by atoms with Gasteiger partial charge in [0.2, 0.25) is 17.6 Å². The number of carbonyl (C=O) groups is 1. The Bertz CT molecular complexity index is 741. The van der Waals surface area contributed by atoms with Crippen LogP contribution in [0.15, 0.2) is 28.8 Å². The topological polar surface area (TPSA) is 74.5 Å². The van der Waals surface area contributed by atoms with E-state index in [1.54, 1.807) is 0 Å². The number of hydrogen-bond acceptors (Lipinski definition) is 6. The second-order valence-electron chi connectivity index (χ2n) is 6.80. The van der Waals surface area contributed by atoms with Crippen LogP contribution in [0.3, 0.4) is 0 Å². The standard InChI is InChI=1S/C19H26ClN5O2/c1-3-8-21-19(26)14(2)25-11-9-24(10-12-25)13-17-22-18(23-27-17)15-4-6-16(20)7-5-15/h4-7,14H,3,8-13H2,1-2H3,(H,21,26). The Morgan fingerprint density at radius 1 is 1.26 bits per heavy atom. The number of hydrogen-bond donors (Lipinski definition) is 1. The van der Waals surface area contributed by atoms with Gasteiger partial charge in [-0.05, 0) is 37.6 Å². The van der Waals surface area contributed by atoms with Crippen molar-refractivity contribution in [1.29, 1.82) is 0 Å². The van der Waals surface area contributed by atoms with Gasteiger partial charge in [-0.25, -0.2) is 0 Å². The van der Waals surface area contributed by atoms with Gasteiger partial charge in [0.1, 0.15) is 0 Å². The van der Waals surface area contributed by atoms with Crippen LogP contribution >= 0.6 is 11.6 Å². The molecule has 27 heavy (non-hydrogen) atoms. The van der Waals surface area contributed by atoms with E-state index in [-0.39, 0.29) is 11.9 Å². The van der Waals surface area contributed by atoms with Crippen LogP contribution in [0.25, 0.3) is 11.4 Å². The highest BCUT2D eigenvalue weighted by Gasteiger charge is 2.26. The quantitative estimate of drug-likeness (QED) is 0.781. The van der Waals surface area contributed by atoms with E-state index in [0.29, 0.717) is 23.3 Å². The number of aromatic nitrogens is 2. The maximum absolute atomic E-state index is 12.1. The lowest BCUT2D eigenvalue weighted by atomic mass is 10.2. The van der Waals surface area contributed by atoms with E-state index in [1.165, 1.54) is 0 Å². The second kappa shape index (κ2) is 9.30. The van der Waals surface area contributed by atoms with Crippen LogP contribution in [0, 0.1) is 0 Å². The molecule has 2 heterocycles. The monoisotopic (exact) mass is 391 g/mol. The zero-order valence-electron chi connectivity index (χ0n) is 15.8. The molecule has 0 saturated carbocycles. The first kappa shape index (κ1) is 19.8. The summed E-state index contributed by atoms with van der Waals surface area (Å²) in [7, 11) is 0. The minimum Gasteiger partial charge on any atom is -0.355 e. The average Bonchev–Trinajstić information content (AvgIpc) is 3.15.